The number of hydrogen-bond acceptors (Lipinski definition) is 6. The molecule has 3 heterocycles. The van der Waals surface area contributed by atoms with Crippen molar-refractivity contribution in [1.29, 1.82) is 5.26 Å². The average Bonchev–Trinajstić information content (AvgIpc) is 3.15. The van der Waals surface area contributed by atoms with Crippen LogP contribution in [0.2, 0.25) is 0 Å². The molecule has 4 rings (SSSR count). The van der Waals surface area contributed by atoms with E-state index < -0.39 is 0 Å². The number of nitrogens with one attached hydrogen (secondary N) is 1. The van der Waals surface area contributed by atoms with Gasteiger partial charge in [-0.15, -0.1) is 5.10 Å². The number of aromatic nitrogens is 3. The maximum absolute atomic E-state index is 8.85. The summed E-state index contributed by atoms with van der Waals surface area (Å²) in [5.41, 5.74) is 2.54. The van der Waals surface area contributed by atoms with Crippen LogP contribution in [-0.2, 0) is 0 Å². The number of nitrogens with zero attached hydrogens (tertiary/aromatic N) is 5. The van der Waals surface area contributed by atoms with Crippen LogP contribution < -0.4 is 10.2 Å². The second-order valence-electron chi connectivity index (χ2n) is 5.16. The van der Waals surface area contributed by atoms with Gasteiger partial charge >= 0.3 is 0 Å². The molecule has 22 heavy (non-hydrogen) atoms. The lowest BCUT2D eigenvalue weighted by Crippen LogP contribution is -2.43. The third-order valence-corrected chi connectivity index (χ3v) is 4.71. The van der Waals surface area contributed by atoms with E-state index >= 15 is 0 Å². The second-order valence-corrected chi connectivity index (χ2v) is 6.10. The van der Waals surface area contributed by atoms with Gasteiger partial charge in [-0.1, -0.05) is 23.5 Å². The van der Waals surface area contributed by atoms with Gasteiger partial charge in [0, 0.05) is 31.7 Å². The van der Waals surface area contributed by atoms with E-state index in [1.54, 1.807) is 11.3 Å². The third-order valence-electron chi connectivity index (χ3n) is 3.73. The van der Waals surface area contributed by atoms with E-state index in [1.165, 1.54) is 0 Å². The minimum Gasteiger partial charge on any atom is -0.344 e. The van der Waals surface area contributed by atoms with Crippen LogP contribution in [0.25, 0.3) is 16.2 Å². The molecule has 2 aromatic heterocycles. The molecule has 3 aromatic rings. The SMILES string of the molecule is N#Cc1ccc(-c2cn3nc(N4CCNCC4)sc3n2)cc1. The predicted octanol–water partition coefficient (Wildman–Crippen LogP) is 1.74. The minimum absolute atomic E-state index is 0.656. The Kier molecular flexibility index (Phi) is 3.25. The van der Waals surface area contributed by atoms with Gasteiger partial charge in [0.1, 0.15) is 0 Å². The lowest BCUT2D eigenvalue weighted by atomic mass is 10.1. The van der Waals surface area contributed by atoms with Crippen molar-refractivity contribution in [3.8, 4) is 17.3 Å². The van der Waals surface area contributed by atoms with E-state index in [4.69, 9.17) is 5.26 Å². The number of nitriles is 1. The molecule has 0 aliphatic carbocycles. The Morgan fingerprint density at radius 3 is 2.64 bits per heavy atom. The first-order valence-corrected chi connectivity index (χ1v) is 7.97. The lowest BCUT2D eigenvalue weighted by molar-refractivity contribution is 0.586. The summed E-state index contributed by atoms with van der Waals surface area (Å²) < 4.78 is 1.84. The molecule has 1 N–H and O–H groups in total. The zero-order chi connectivity index (χ0) is 14.9. The number of fused-ring (bicyclic) bond motifs is 1. The highest BCUT2D eigenvalue weighted by Crippen LogP contribution is 2.26. The third kappa shape index (κ3) is 2.32. The van der Waals surface area contributed by atoms with E-state index in [-0.39, 0.29) is 0 Å². The van der Waals surface area contributed by atoms with Crippen molar-refractivity contribution < 1.29 is 0 Å². The van der Waals surface area contributed by atoms with Crippen molar-refractivity contribution in [2.45, 2.75) is 0 Å². The van der Waals surface area contributed by atoms with Crippen molar-refractivity contribution in [3.63, 3.8) is 0 Å². The quantitative estimate of drug-likeness (QED) is 0.781. The minimum atomic E-state index is 0.656. The van der Waals surface area contributed by atoms with Crippen LogP contribution in [0, 0.1) is 11.3 Å². The molecule has 1 aliphatic rings. The maximum Gasteiger partial charge on any atom is 0.214 e. The summed E-state index contributed by atoms with van der Waals surface area (Å²) in [7, 11) is 0. The fourth-order valence-electron chi connectivity index (χ4n) is 2.53. The van der Waals surface area contributed by atoms with Gasteiger partial charge in [0.2, 0.25) is 10.1 Å². The van der Waals surface area contributed by atoms with Gasteiger partial charge < -0.3 is 10.2 Å². The van der Waals surface area contributed by atoms with Crippen LogP contribution in [-0.4, -0.2) is 40.8 Å². The number of imidazole rings is 1. The molecule has 110 valence electrons. The number of benzene rings is 1. The summed E-state index contributed by atoms with van der Waals surface area (Å²) in [5.74, 6) is 0. The molecule has 0 saturated carbocycles. The molecular weight excluding hydrogens is 296 g/mol. The normalized spacial score (nSPS) is 15.1. The fourth-order valence-corrected chi connectivity index (χ4v) is 3.46. The molecule has 6 nitrogen and oxygen atoms in total. The topological polar surface area (TPSA) is 69.2 Å². The van der Waals surface area contributed by atoms with Crippen molar-refractivity contribution in [2.75, 3.05) is 31.1 Å². The molecule has 1 aliphatic heterocycles. The molecule has 0 bridgehead atoms. The van der Waals surface area contributed by atoms with Gasteiger partial charge in [-0.05, 0) is 12.1 Å². The number of piperazine rings is 1. The van der Waals surface area contributed by atoms with Crippen LogP contribution in [0.1, 0.15) is 5.56 Å². The summed E-state index contributed by atoms with van der Waals surface area (Å²) in [6.45, 7) is 3.97. The Labute approximate surface area is 131 Å². The molecule has 1 aromatic carbocycles. The van der Waals surface area contributed by atoms with E-state index in [2.05, 4.69) is 26.4 Å². The zero-order valence-electron chi connectivity index (χ0n) is 11.9. The Balaban J connectivity index is 1.64. The predicted molar refractivity (Wildman–Crippen MR) is 86.1 cm³/mol. The highest BCUT2D eigenvalue weighted by molar-refractivity contribution is 7.20. The first-order chi connectivity index (χ1) is 10.8. The van der Waals surface area contributed by atoms with Crippen LogP contribution in [0.5, 0.6) is 0 Å². The zero-order valence-corrected chi connectivity index (χ0v) is 12.7. The molecular formula is C15H14N6S. The molecule has 0 atom stereocenters. The van der Waals surface area contributed by atoms with Gasteiger partial charge in [-0.25, -0.2) is 9.50 Å². The Morgan fingerprint density at radius 1 is 1.18 bits per heavy atom. The summed E-state index contributed by atoms with van der Waals surface area (Å²) in [4.78, 5) is 7.83. The monoisotopic (exact) mass is 310 g/mol. The smallest absolute Gasteiger partial charge is 0.214 e. The summed E-state index contributed by atoms with van der Waals surface area (Å²) in [6, 6.07) is 9.58. The first kappa shape index (κ1) is 13.2. The standard InChI is InChI=1S/C15H14N6S/c16-9-11-1-3-12(4-2-11)13-10-21-14(18-13)22-15(19-21)20-7-5-17-6-8-20/h1-4,10,17H,5-8H2. The Hall–Kier alpha value is -2.43. The molecule has 1 saturated heterocycles. The summed E-state index contributed by atoms with van der Waals surface area (Å²) in [6.07, 6.45) is 1.94. The summed E-state index contributed by atoms with van der Waals surface area (Å²) in [5, 5.41) is 17.8. The fraction of sp³-hybridized carbons (Fsp3) is 0.267. The maximum atomic E-state index is 8.85. The number of hydrogen-bond donors (Lipinski definition) is 1. The van der Waals surface area contributed by atoms with Gasteiger partial charge in [-0.3, -0.25) is 0 Å². The Morgan fingerprint density at radius 2 is 1.95 bits per heavy atom. The highest BCUT2D eigenvalue weighted by Gasteiger charge is 2.16. The van der Waals surface area contributed by atoms with E-state index in [0.717, 1.165) is 47.5 Å². The average molecular weight is 310 g/mol. The van der Waals surface area contributed by atoms with Crippen molar-refractivity contribution in [1.82, 2.24) is 19.9 Å². The van der Waals surface area contributed by atoms with Gasteiger partial charge in [0.25, 0.3) is 0 Å². The first-order valence-electron chi connectivity index (χ1n) is 7.16. The van der Waals surface area contributed by atoms with Crippen LogP contribution in [0.4, 0.5) is 5.13 Å². The van der Waals surface area contributed by atoms with Gasteiger partial charge in [-0.2, -0.15) is 5.26 Å². The molecule has 7 heteroatoms. The van der Waals surface area contributed by atoms with E-state index in [9.17, 15) is 0 Å². The van der Waals surface area contributed by atoms with Crippen molar-refractivity contribution in [2.24, 2.45) is 0 Å². The lowest BCUT2D eigenvalue weighted by Gasteiger charge is -2.26. The van der Waals surface area contributed by atoms with Gasteiger partial charge in [0.15, 0.2) is 0 Å². The number of anilines is 1. The largest absolute Gasteiger partial charge is 0.344 e. The molecule has 0 unspecified atom stereocenters. The summed E-state index contributed by atoms with van der Waals surface area (Å²) >= 11 is 1.61. The van der Waals surface area contributed by atoms with Crippen LogP contribution >= 0.6 is 11.3 Å². The van der Waals surface area contributed by atoms with Crippen LogP contribution in [0.15, 0.2) is 30.5 Å². The molecule has 1 fully saturated rings. The second kappa shape index (κ2) is 5.40. The number of rotatable bonds is 2. The Bertz CT molecular complexity index is 804. The van der Waals surface area contributed by atoms with Crippen LogP contribution in [0.3, 0.4) is 0 Å². The van der Waals surface area contributed by atoms with Crippen molar-refractivity contribution in [3.05, 3.63) is 36.0 Å². The van der Waals surface area contributed by atoms with Crippen molar-refractivity contribution >= 4 is 21.4 Å². The molecule has 0 amide bonds. The van der Waals surface area contributed by atoms with E-state index in [0.29, 0.717) is 5.56 Å². The molecule has 0 spiro atoms. The molecule has 0 radical (unpaired) electrons. The highest BCUT2D eigenvalue weighted by atomic mass is 32.1. The van der Waals surface area contributed by atoms with Gasteiger partial charge in [0.05, 0.1) is 23.5 Å². The van der Waals surface area contributed by atoms with E-state index in [1.807, 2.05) is 35.0 Å².